The standard InChI is InChI=1S/C32H27N3O4/c33-19-22-3-1-4-23(17-22)24-5-2-6-26(18-24)39-25-9-7-21(8-10-25)15-16-34-20-30(37)27-11-13-29(36)32-28(27)12-14-31(38)35-32/h1-14,17-18,30,34,36-37H,15-16,20H2,(H,35,38). The topological polar surface area (TPSA) is 118 Å². The molecule has 0 spiro atoms. The van der Waals surface area contributed by atoms with Crippen LogP contribution in [0.3, 0.4) is 0 Å². The molecular weight excluding hydrogens is 490 g/mol. The normalized spacial score (nSPS) is 11.7. The first kappa shape index (κ1) is 25.7. The third kappa shape index (κ3) is 6.16. The van der Waals surface area contributed by atoms with Gasteiger partial charge in [-0.1, -0.05) is 42.5 Å². The Labute approximate surface area is 225 Å². The Morgan fingerprint density at radius 2 is 1.67 bits per heavy atom. The van der Waals surface area contributed by atoms with Crippen LogP contribution in [0.15, 0.2) is 102 Å². The number of rotatable bonds is 9. The van der Waals surface area contributed by atoms with E-state index in [1.165, 1.54) is 12.1 Å². The maximum absolute atomic E-state index is 11.6. The maximum Gasteiger partial charge on any atom is 0.248 e. The molecule has 4 aromatic carbocycles. The highest BCUT2D eigenvalue weighted by molar-refractivity contribution is 5.87. The smallest absolute Gasteiger partial charge is 0.248 e. The van der Waals surface area contributed by atoms with Crippen molar-refractivity contribution in [1.29, 1.82) is 5.26 Å². The molecule has 4 N–H and O–H groups in total. The molecule has 1 atom stereocenters. The number of benzene rings is 4. The van der Waals surface area contributed by atoms with E-state index in [1.54, 1.807) is 18.2 Å². The van der Waals surface area contributed by atoms with E-state index in [4.69, 9.17) is 10.00 Å². The summed E-state index contributed by atoms with van der Waals surface area (Å²) >= 11 is 0. The van der Waals surface area contributed by atoms with E-state index in [2.05, 4.69) is 16.4 Å². The van der Waals surface area contributed by atoms with Gasteiger partial charge in [0.15, 0.2) is 0 Å². The summed E-state index contributed by atoms with van der Waals surface area (Å²) in [6.45, 7) is 0.988. The second kappa shape index (κ2) is 11.7. The molecule has 39 heavy (non-hydrogen) atoms. The summed E-state index contributed by atoms with van der Waals surface area (Å²) in [7, 11) is 0. The number of aromatic nitrogens is 1. The van der Waals surface area contributed by atoms with E-state index in [9.17, 15) is 15.0 Å². The molecule has 1 unspecified atom stereocenters. The second-order valence-electron chi connectivity index (χ2n) is 9.22. The molecule has 0 aliphatic carbocycles. The van der Waals surface area contributed by atoms with Crippen molar-refractivity contribution in [2.24, 2.45) is 0 Å². The lowest BCUT2D eigenvalue weighted by atomic mass is 10.0. The van der Waals surface area contributed by atoms with Crippen molar-refractivity contribution in [2.75, 3.05) is 13.1 Å². The average Bonchev–Trinajstić information content (AvgIpc) is 2.96. The zero-order valence-corrected chi connectivity index (χ0v) is 21.1. The summed E-state index contributed by atoms with van der Waals surface area (Å²) in [5, 5.41) is 33.8. The zero-order chi connectivity index (χ0) is 27.2. The van der Waals surface area contributed by atoms with Crippen LogP contribution in [0.1, 0.15) is 22.8 Å². The lowest BCUT2D eigenvalue weighted by Crippen LogP contribution is -2.24. The SMILES string of the molecule is N#Cc1cccc(-c2cccc(Oc3ccc(CCNCC(O)c4ccc(O)c5[nH]c(=O)ccc45)cc3)c2)c1. The average molecular weight is 518 g/mol. The monoisotopic (exact) mass is 517 g/mol. The highest BCUT2D eigenvalue weighted by Crippen LogP contribution is 2.29. The van der Waals surface area contributed by atoms with Gasteiger partial charge in [-0.15, -0.1) is 0 Å². The Balaban J connectivity index is 1.15. The first-order chi connectivity index (χ1) is 19.0. The molecule has 0 fully saturated rings. The van der Waals surface area contributed by atoms with Crippen LogP contribution in [-0.2, 0) is 6.42 Å². The summed E-state index contributed by atoms with van der Waals surface area (Å²) < 4.78 is 6.06. The minimum atomic E-state index is -0.798. The molecule has 7 heteroatoms. The minimum absolute atomic E-state index is 0.0304. The number of aromatic amines is 1. The molecular formula is C32H27N3O4. The number of nitrogens with one attached hydrogen (secondary N) is 2. The molecule has 194 valence electrons. The largest absolute Gasteiger partial charge is 0.506 e. The van der Waals surface area contributed by atoms with Crippen LogP contribution in [0.25, 0.3) is 22.0 Å². The number of hydrogen-bond acceptors (Lipinski definition) is 6. The number of H-pyrrole nitrogens is 1. The van der Waals surface area contributed by atoms with Crippen molar-refractivity contribution in [1.82, 2.24) is 10.3 Å². The third-order valence-corrected chi connectivity index (χ3v) is 6.51. The van der Waals surface area contributed by atoms with Gasteiger partial charge in [0.2, 0.25) is 5.56 Å². The van der Waals surface area contributed by atoms with Crippen molar-refractivity contribution < 1.29 is 14.9 Å². The number of hydrogen-bond donors (Lipinski definition) is 4. The van der Waals surface area contributed by atoms with Crippen LogP contribution in [-0.4, -0.2) is 28.3 Å². The van der Waals surface area contributed by atoms with Gasteiger partial charge in [-0.25, -0.2) is 0 Å². The Morgan fingerprint density at radius 3 is 2.46 bits per heavy atom. The van der Waals surface area contributed by atoms with E-state index in [0.717, 1.165) is 28.9 Å². The summed E-state index contributed by atoms with van der Waals surface area (Å²) in [5.74, 6) is 1.41. The molecule has 0 saturated heterocycles. The second-order valence-corrected chi connectivity index (χ2v) is 9.22. The predicted molar refractivity (Wildman–Crippen MR) is 151 cm³/mol. The van der Waals surface area contributed by atoms with Crippen molar-refractivity contribution in [3.05, 3.63) is 124 Å². The number of pyridine rings is 1. The highest BCUT2D eigenvalue weighted by atomic mass is 16.5. The molecule has 0 radical (unpaired) electrons. The molecule has 0 bridgehead atoms. The van der Waals surface area contributed by atoms with E-state index >= 15 is 0 Å². The third-order valence-electron chi connectivity index (χ3n) is 6.51. The van der Waals surface area contributed by atoms with Gasteiger partial charge in [0.1, 0.15) is 17.2 Å². The molecule has 0 aliphatic heterocycles. The fourth-order valence-corrected chi connectivity index (χ4v) is 4.50. The molecule has 5 rings (SSSR count). The quantitative estimate of drug-likeness (QED) is 0.194. The number of phenols is 1. The van der Waals surface area contributed by atoms with Gasteiger partial charge in [0.05, 0.1) is 23.3 Å². The maximum atomic E-state index is 11.6. The fraction of sp³-hybridized carbons (Fsp3) is 0.125. The summed E-state index contributed by atoms with van der Waals surface area (Å²) in [4.78, 5) is 14.2. The van der Waals surface area contributed by atoms with E-state index in [-0.39, 0.29) is 11.3 Å². The number of nitriles is 1. The summed E-state index contributed by atoms with van der Waals surface area (Å²) in [5.41, 5.74) is 4.32. The predicted octanol–water partition coefficient (Wildman–Crippen LogP) is 5.43. The van der Waals surface area contributed by atoms with Gasteiger partial charge in [0.25, 0.3) is 0 Å². The Morgan fingerprint density at radius 1 is 0.897 bits per heavy atom. The number of aliphatic hydroxyl groups is 1. The van der Waals surface area contributed by atoms with Crippen molar-refractivity contribution in [3.8, 4) is 34.4 Å². The first-order valence-electron chi connectivity index (χ1n) is 12.6. The van der Waals surface area contributed by atoms with Gasteiger partial charge in [0, 0.05) is 18.0 Å². The number of ether oxygens (including phenoxy) is 1. The Hall–Kier alpha value is -4.90. The number of aliphatic hydroxyl groups excluding tert-OH is 1. The van der Waals surface area contributed by atoms with Crippen LogP contribution in [0, 0.1) is 11.3 Å². The van der Waals surface area contributed by atoms with Crippen LogP contribution in [0.4, 0.5) is 0 Å². The van der Waals surface area contributed by atoms with Crippen molar-refractivity contribution in [2.45, 2.75) is 12.5 Å². The Bertz CT molecular complexity index is 1700. The molecule has 0 amide bonds. The molecule has 0 aliphatic rings. The molecule has 0 saturated carbocycles. The number of fused-ring (bicyclic) bond motifs is 1. The number of phenolic OH excluding ortho intramolecular Hbond substituents is 1. The van der Waals surface area contributed by atoms with E-state index in [1.807, 2.05) is 66.7 Å². The van der Waals surface area contributed by atoms with Gasteiger partial charge in [-0.05, 0) is 83.8 Å². The molecule has 5 aromatic rings. The summed E-state index contributed by atoms with van der Waals surface area (Å²) in [6, 6.07) is 31.4. The van der Waals surface area contributed by atoms with Crippen LogP contribution in [0.2, 0.25) is 0 Å². The van der Waals surface area contributed by atoms with Gasteiger partial charge in [-0.2, -0.15) is 5.26 Å². The Kier molecular flexibility index (Phi) is 7.69. The van der Waals surface area contributed by atoms with Gasteiger partial charge >= 0.3 is 0 Å². The lowest BCUT2D eigenvalue weighted by molar-refractivity contribution is 0.176. The molecule has 7 nitrogen and oxygen atoms in total. The van der Waals surface area contributed by atoms with Gasteiger partial charge in [-0.3, -0.25) is 4.79 Å². The van der Waals surface area contributed by atoms with Gasteiger partial charge < -0.3 is 25.3 Å². The molecule has 1 heterocycles. The number of aromatic hydroxyl groups is 1. The summed E-state index contributed by atoms with van der Waals surface area (Å²) in [6.07, 6.45) is -0.0330. The van der Waals surface area contributed by atoms with Crippen LogP contribution >= 0.6 is 0 Å². The van der Waals surface area contributed by atoms with Crippen LogP contribution in [0.5, 0.6) is 17.2 Å². The lowest BCUT2D eigenvalue weighted by Gasteiger charge is -2.15. The highest BCUT2D eigenvalue weighted by Gasteiger charge is 2.13. The minimum Gasteiger partial charge on any atom is -0.506 e. The molecule has 1 aromatic heterocycles. The number of nitrogens with zero attached hydrogens (tertiary/aromatic N) is 1. The zero-order valence-electron chi connectivity index (χ0n) is 21.1. The van der Waals surface area contributed by atoms with Crippen molar-refractivity contribution in [3.63, 3.8) is 0 Å². The van der Waals surface area contributed by atoms with Crippen molar-refractivity contribution >= 4 is 10.9 Å². The fourth-order valence-electron chi connectivity index (χ4n) is 4.50. The first-order valence-corrected chi connectivity index (χ1v) is 12.6. The van der Waals surface area contributed by atoms with E-state index < -0.39 is 6.10 Å². The van der Waals surface area contributed by atoms with Crippen LogP contribution < -0.4 is 15.6 Å². The van der Waals surface area contributed by atoms with E-state index in [0.29, 0.717) is 40.9 Å².